The zero-order chi connectivity index (χ0) is 10.8. The summed E-state index contributed by atoms with van der Waals surface area (Å²) in [6, 6.07) is 0. The molecule has 0 saturated carbocycles. The Hall–Kier alpha value is -1.09. The summed E-state index contributed by atoms with van der Waals surface area (Å²) in [6.45, 7) is 1.30. The number of ketones is 1. The SMILES string of the molecule is O=C1CCOC2=CC34OCCC3CC=CC124. The first-order valence-corrected chi connectivity index (χ1v) is 6.01. The molecule has 0 aromatic rings. The van der Waals surface area contributed by atoms with Gasteiger partial charge in [0, 0.05) is 13.0 Å². The number of carbonyl (C=O) groups is 1. The molecule has 3 unspecified atom stereocenters. The summed E-state index contributed by atoms with van der Waals surface area (Å²) in [5.74, 6) is 1.58. The number of rotatable bonds is 0. The fourth-order valence-electron chi connectivity index (χ4n) is 3.80. The Kier molecular flexibility index (Phi) is 1.46. The van der Waals surface area contributed by atoms with E-state index in [2.05, 4.69) is 12.2 Å². The number of ether oxygens (including phenoxy) is 2. The monoisotopic (exact) mass is 218 g/mol. The lowest BCUT2D eigenvalue weighted by Gasteiger charge is -2.57. The molecule has 3 heteroatoms. The zero-order valence-corrected chi connectivity index (χ0v) is 9.07. The van der Waals surface area contributed by atoms with E-state index in [1.165, 1.54) is 0 Å². The normalized spacial score (nSPS) is 48.4. The minimum absolute atomic E-state index is 0.277. The van der Waals surface area contributed by atoms with Crippen molar-refractivity contribution in [2.45, 2.75) is 24.9 Å². The van der Waals surface area contributed by atoms with Gasteiger partial charge in [0.2, 0.25) is 0 Å². The Morgan fingerprint density at radius 1 is 1.38 bits per heavy atom. The third kappa shape index (κ3) is 0.707. The summed E-state index contributed by atoms with van der Waals surface area (Å²) in [4.78, 5) is 12.3. The number of hydrogen-bond donors (Lipinski definition) is 0. The van der Waals surface area contributed by atoms with Crippen molar-refractivity contribution in [1.82, 2.24) is 0 Å². The summed E-state index contributed by atoms with van der Waals surface area (Å²) < 4.78 is 11.6. The maximum absolute atomic E-state index is 12.3. The van der Waals surface area contributed by atoms with E-state index in [-0.39, 0.29) is 11.4 Å². The van der Waals surface area contributed by atoms with Gasteiger partial charge in [-0.2, -0.15) is 0 Å². The Labute approximate surface area is 94.1 Å². The maximum atomic E-state index is 12.3. The van der Waals surface area contributed by atoms with Crippen LogP contribution >= 0.6 is 0 Å². The van der Waals surface area contributed by atoms with E-state index in [9.17, 15) is 4.79 Å². The Morgan fingerprint density at radius 2 is 2.31 bits per heavy atom. The second-order valence-corrected chi connectivity index (χ2v) is 5.10. The van der Waals surface area contributed by atoms with E-state index < -0.39 is 5.41 Å². The Bertz CT molecular complexity index is 436. The molecule has 2 aliphatic heterocycles. The highest BCUT2D eigenvalue weighted by Gasteiger charge is 2.71. The van der Waals surface area contributed by atoms with Gasteiger partial charge < -0.3 is 9.47 Å². The average molecular weight is 218 g/mol. The van der Waals surface area contributed by atoms with Crippen LogP contribution in [0.4, 0.5) is 0 Å². The van der Waals surface area contributed by atoms with Crippen LogP contribution in [0.5, 0.6) is 0 Å². The smallest absolute Gasteiger partial charge is 0.157 e. The minimum atomic E-state index is -0.551. The molecule has 3 nitrogen and oxygen atoms in total. The molecule has 2 saturated heterocycles. The number of allylic oxidation sites excluding steroid dienone is 1. The molecule has 2 fully saturated rings. The van der Waals surface area contributed by atoms with Gasteiger partial charge in [0.15, 0.2) is 5.78 Å². The molecule has 2 aliphatic carbocycles. The first-order valence-electron chi connectivity index (χ1n) is 6.01. The van der Waals surface area contributed by atoms with Crippen LogP contribution in [0.2, 0.25) is 0 Å². The fraction of sp³-hybridized carbons (Fsp3) is 0.615. The molecule has 0 N–H and O–H groups in total. The van der Waals surface area contributed by atoms with Crippen LogP contribution in [-0.2, 0) is 14.3 Å². The lowest BCUT2D eigenvalue weighted by molar-refractivity contribution is -0.161. The molecule has 0 aromatic heterocycles. The molecule has 2 heterocycles. The van der Waals surface area contributed by atoms with Crippen LogP contribution in [0.1, 0.15) is 19.3 Å². The molecule has 0 bridgehead atoms. The van der Waals surface area contributed by atoms with Crippen molar-refractivity contribution in [1.29, 1.82) is 0 Å². The van der Waals surface area contributed by atoms with Gasteiger partial charge in [-0.3, -0.25) is 4.79 Å². The van der Waals surface area contributed by atoms with Crippen LogP contribution in [0.25, 0.3) is 0 Å². The third-order valence-corrected chi connectivity index (χ3v) is 4.58. The quantitative estimate of drug-likeness (QED) is 0.579. The largest absolute Gasteiger partial charge is 0.496 e. The highest BCUT2D eigenvalue weighted by molar-refractivity contribution is 5.95. The summed E-state index contributed by atoms with van der Waals surface area (Å²) in [5.41, 5.74) is -0.904. The van der Waals surface area contributed by atoms with Crippen molar-refractivity contribution in [2.24, 2.45) is 11.3 Å². The number of carbonyl (C=O) groups excluding carboxylic acids is 1. The van der Waals surface area contributed by atoms with Crippen LogP contribution in [-0.4, -0.2) is 24.6 Å². The van der Waals surface area contributed by atoms with E-state index in [1.807, 2.05) is 6.08 Å². The van der Waals surface area contributed by atoms with Crippen molar-refractivity contribution in [2.75, 3.05) is 13.2 Å². The molecular formula is C13H14O3. The van der Waals surface area contributed by atoms with Gasteiger partial charge in [0.05, 0.1) is 6.61 Å². The predicted octanol–water partition coefficient (Wildman–Crippen LogP) is 1.59. The van der Waals surface area contributed by atoms with Gasteiger partial charge in [-0.1, -0.05) is 12.2 Å². The molecular weight excluding hydrogens is 204 g/mol. The van der Waals surface area contributed by atoms with Gasteiger partial charge in [0.1, 0.15) is 16.8 Å². The van der Waals surface area contributed by atoms with Gasteiger partial charge in [-0.15, -0.1) is 0 Å². The summed E-state index contributed by atoms with van der Waals surface area (Å²) in [7, 11) is 0. The second kappa shape index (κ2) is 2.59. The summed E-state index contributed by atoms with van der Waals surface area (Å²) in [5, 5.41) is 0. The van der Waals surface area contributed by atoms with E-state index in [4.69, 9.17) is 9.47 Å². The van der Waals surface area contributed by atoms with E-state index in [0.29, 0.717) is 18.9 Å². The fourth-order valence-corrected chi connectivity index (χ4v) is 3.80. The lowest BCUT2D eigenvalue weighted by atomic mass is 9.51. The van der Waals surface area contributed by atoms with E-state index in [0.717, 1.165) is 25.2 Å². The number of Topliss-reactive ketones (excluding diaryl/α,β-unsaturated/α-hetero) is 1. The Balaban J connectivity index is 1.93. The molecule has 84 valence electrons. The lowest BCUT2D eigenvalue weighted by Crippen LogP contribution is -2.65. The van der Waals surface area contributed by atoms with E-state index >= 15 is 0 Å². The van der Waals surface area contributed by atoms with Gasteiger partial charge in [0.25, 0.3) is 0 Å². The van der Waals surface area contributed by atoms with Gasteiger partial charge in [-0.05, 0) is 24.8 Å². The van der Waals surface area contributed by atoms with Gasteiger partial charge >= 0.3 is 0 Å². The minimum Gasteiger partial charge on any atom is -0.496 e. The third-order valence-electron chi connectivity index (χ3n) is 4.58. The van der Waals surface area contributed by atoms with Crippen molar-refractivity contribution in [3.63, 3.8) is 0 Å². The van der Waals surface area contributed by atoms with Crippen molar-refractivity contribution < 1.29 is 14.3 Å². The molecule has 0 aromatic carbocycles. The van der Waals surface area contributed by atoms with Crippen molar-refractivity contribution >= 4 is 5.78 Å². The van der Waals surface area contributed by atoms with Crippen LogP contribution in [0.3, 0.4) is 0 Å². The topological polar surface area (TPSA) is 35.5 Å². The Morgan fingerprint density at radius 3 is 3.19 bits per heavy atom. The molecule has 2 spiro atoms. The first-order chi connectivity index (χ1) is 7.80. The average Bonchev–Trinajstić information content (AvgIpc) is 2.67. The van der Waals surface area contributed by atoms with Crippen molar-refractivity contribution in [3.05, 3.63) is 24.0 Å². The number of hydrogen-bond acceptors (Lipinski definition) is 3. The molecule has 4 rings (SSSR count). The van der Waals surface area contributed by atoms with Crippen molar-refractivity contribution in [3.8, 4) is 0 Å². The molecule has 16 heavy (non-hydrogen) atoms. The van der Waals surface area contributed by atoms with Crippen LogP contribution in [0.15, 0.2) is 24.0 Å². The first kappa shape index (κ1) is 8.99. The molecule has 4 aliphatic rings. The molecule has 3 atom stereocenters. The zero-order valence-electron chi connectivity index (χ0n) is 9.07. The van der Waals surface area contributed by atoms with E-state index in [1.54, 1.807) is 0 Å². The molecule has 0 amide bonds. The summed E-state index contributed by atoms with van der Waals surface area (Å²) in [6.07, 6.45) is 8.83. The maximum Gasteiger partial charge on any atom is 0.157 e. The predicted molar refractivity (Wildman–Crippen MR) is 56.6 cm³/mol. The highest BCUT2D eigenvalue weighted by atomic mass is 16.5. The van der Waals surface area contributed by atoms with Crippen LogP contribution < -0.4 is 0 Å². The standard InChI is InChI=1S/C13H14O3/c14-10-4-6-15-11-8-13-9(3-7-16-13)2-1-5-12(10,11)13/h1,5,8-9H,2-4,6-7H2. The second-order valence-electron chi connectivity index (χ2n) is 5.10. The highest BCUT2D eigenvalue weighted by Crippen LogP contribution is 2.64. The van der Waals surface area contributed by atoms with Gasteiger partial charge in [-0.25, -0.2) is 0 Å². The van der Waals surface area contributed by atoms with Crippen LogP contribution in [0, 0.1) is 11.3 Å². The summed E-state index contributed by atoms with van der Waals surface area (Å²) >= 11 is 0. The molecule has 0 radical (unpaired) electrons.